The molecule has 0 aliphatic carbocycles. The van der Waals surface area contributed by atoms with Crippen LogP contribution in [0.15, 0.2) is 0 Å². The Bertz CT molecular complexity index is 8.00. The van der Waals surface area contributed by atoms with Gasteiger partial charge in [0, 0.05) is 38.1 Å². The van der Waals surface area contributed by atoms with Gasteiger partial charge in [-0.3, -0.25) is 4.70 Å². The molecule has 27 valence electrons. The fourth-order valence-electron chi connectivity index (χ4n) is 0. The summed E-state index contributed by atoms with van der Waals surface area (Å²) in [6.07, 6.45) is 0. The first kappa shape index (κ1) is 35.5. The summed E-state index contributed by atoms with van der Waals surface area (Å²) in [5, 5.41) is 0. The maximum absolute atomic E-state index is 0. The van der Waals surface area contributed by atoms with Crippen LogP contribution < -0.4 is 0 Å². The van der Waals surface area contributed by atoms with E-state index < -0.39 is 0 Å². The summed E-state index contributed by atoms with van der Waals surface area (Å²) in [5.41, 5.74) is 0. The Labute approximate surface area is 71.5 Å². The van der Waals surface area contributed by atoms with Gasteiger partial charge in [0.15, 0.2) is 0 Å². The van der Waals surface area contributed by atoms with E-state index in [0.717, 1.165) is 0 Å². The molecule has 0 unspecified atom stereocenters. The summed E-state index contributed by atoms with van der Waals surface area (Å²) in [4.78, 5) is 0. The predicted molar refractivity (Wildman–Crippen MR) is 9.65 cm³/mol. The Morgan fingerprint density at radius 1 is 1.00 bits per heavy atom. The first-order valence-electron chi connectivity index (χ1n) is 0. The molecule has 0 fully saturated rings. The Morgan fingerprint density at radius 2 is 1.00 bits per heavy atom. The summed E-state index contributed by atoms with van der Waals surface area (Å²) in [6, 6.07) is 0. The fourth-order valence-corrected chi connectivity index (χ4v) is 0. The van der Waals surface area contributed by atoms with Crippen molar-refractivity contribution >= 4 is 29.6 Å². The third kappa shape index (κ3) is 8.91. The van der Waals surface area contributed by atoms with Crippen LogP contribution in [0.4, 0.5) is 4.70 Å². The summed E-state index contributed by atoms with van der Waals surface area (Å²) < 4.78 is 0. The molecule has 0 aromatic carbocycles. The third-order valence-corrected chi connectivity index (χ3v) is 0. The van der Waals surface area contributed by atoms with E-state index in [1.54, 1.807) is 0 Å². The van der Waals surface area contributed by atoms with Crippen LogP contribution in [0, 0.1) is 0 Å². The van der Waals surface area contributed by atoms with Gasteiger partial charge in [-0.1, -0.05) is 0 Å². The van der Waals surface area contributed by atoms with Gasteiger partial charge in [0.25, 0.3) is 0 Å². The van der Waals surface area contributed by atoms with E-state index >= 15 is 0 Å². The molecule has 0 atom stereocenters. The second-order valence-electron chi connectivity index (χ2n) is 0. The molecule has 0 saturated carbocycles. The van der Waals surface area contributed by atoms with E-state index in [9.17, 15) is 0 Å². The monoisotopic (exact) mass is 205 g/mol. The zero-order chi connectivity index (χ0) is 0. The molecule has 0 bridgehead atoms. The molecule has 4 heteroatoms. The number of hydrogen-bond donors (Lipinski definition) is 0. The van der Waals surface area contributed by atoms with Crippen LogP contribution in [-0.2, 0) is 38.1 Å². The minimum absolute atomic E-state index is 0. The van der Waals surface area contributed by atoms with E-state index in [0.29, 0.717) is 0 Å². The maximum atomic E-state index is 0. The molecule has 0 saturated heterocycles. The molecule has 0 aliphatic heterocycles. The van der Waals surface area contributed by atoms with Crippen molar-refractivity contribution in [3.8, 4) is 0 Å². The Morgan fingerprint density at radius 3 is 1.00 bits per heavy atom. The van der Waals surface area contributed by atoms with Crippen LogP contribution >= 0.6 is 0 Å². The molecule has 0 amide bonds. The number of hydrogen-bond acceptors (Lipinski definition) is 0. The van der Waals surface area contributed by atoms with Crippen LogP contribution in [0.5, 0.6) is 0 Å². The van der Waals surface area contributed by atoms with Crippen molar-refractivity contribution in [3.63, 3.8) is 0 Å². The minimum atomic E-state index is 0. The zero-order valence-electron chi connectivity index (χ0n) is 1.12. The number of rotatable bonds is 0. The normalized spacial score (nSPS) is 0. The van der Waals surface area contributed by atoms with E-state index in [1.165, 1.54) is 0 Å². The summed E-state index contributed by atoms with van der Waals surface area (Å²) in [5.74, 6) is 0. The summed E-state index contributed by atoms with van der Waals surface area (Å²) >= 11 is 0. The van der Waals surface area contributed by atoms with Crippen molar-refractivity contribution in [1.82, 2.24) is 0 Å². The van der Waals surface area contributed by atoms with Crippen LogP contribution in [0.2, 0.25) is 0 Å². The number of halogens is 1. The van der Waals surface area contributed by atoms with E-state index in [-0.39, 0.29) is 72.4 Å². The predicted octanol–water partition coefficient (Wildman–Crippen LogP) is -0.501. The summed E-state index contributed by atoms with van der Waals surface area (Å²) in [7, 11) is 0. The van der Waals surface area contributed by atoms with Crippen molar-refractivity contribution in [2.24, 2.45) is 0 Å². The first-order chi connectivity index (χ1) is 0. The zero-order valence-corrected chi connectivity index (χ0v) is 4.07. The molecule has 1 radical (unpaired) electrons. The molecule has 0 nitrogen and oxygen atoms in total. The SMILES string of the molecule is F.[Cu].[Mo].[NaH]. The van der Waals surface area contributed by atoms with Crippen molar-refractivity contribution < 1.29 is 42.8 Å². The molecule has 0 N–H and O–H groups in total. The van der Waals surface area contributed by atoms with Gasteiger partial charge in [0.05, 0.1) is 0 Å². The molecular formula is H2CuFMoNa. The van der Waals surface area contributed by atoms with Crippen LogP contribution in [-0.4, -0.2) is 29.6 Å². The van der Waals surface area contributed by atoms with Crippen LogP contribution in [0.3, 0.4) is 0 Å². The molecule has 0 rings (SSSR count). The molecule has 0 aliphatic rings. The molecule has 0 heterocycles. The van der Waals surface area contributed by atoms with Gasteiger partial charge in [-0.05, 0) is 0 Å². The van der Waals surface area contributed by atoms with Gasteiger partial charge < -0.3 is 0 Å². The third-order valence-electron chi connectivity index (χ3n) is 0. The average molecular weight is 203 g/mol. The van der Waals surface area contributed by atoms with Crippen molar-refractivity contribution in [2.45, 2.75) is 0 Å². The average Bonchev–Trinajstić information content (AvgIpc) is 0. The van der Waals surface area contributed by atoms with Gasteiger partial charge in [0.1, 0.15) is 0 Å². The van der Waals surface area contributed by atoms with Crippen molar-refractivity contribution in [3.05, 3.63) is 0 Å². The fraction of sp³-hybridized carbons (Fsp3) is 0. The molecule has 0 aromatic rings. The van der Waals surface area contributed by atoms with E-state index in [2.05, 4.69) is 0 Å². The van der Waals surface area contributed by atoms with Gasteiger partial charge >= 0.3 is 29.6 Å². The van der Waals surface area contributed by atoms with Crippen LogP contribution in [0.25, 0.3) is 0 Å². The Kier molecular flexibility index (Phi) is 171. The summed E-state index contributed by atoms with van der Waals surface area (Å²) in [6.45, 7) is 0. The molecule has 0 spiro atoms. The standard InChI is InChI=1S/Cu.FH.Mo.Na.H/h;1H;;;. The molecule has 4 heavy (non-hydrogen) atoms. The van der Waals surface area contributed by atoms with Gasteiger partial charge in [-0.2, -0.15) is 0 Å². The second-order valence-corrected chi connectivity index (χ2v) is 0. The Balaban J connectivity index is 0. The van der Waals surface area contributed by atoms with Gasteiger partial charge in [-0.15, -0.1) is 0 Å². The molecular weight excluding hydrogens is 201 g/mol. The first-order valence-corrected chi connectivity index (χ1v) is 0. The van der Waals surface area contributed by atoms with E-state index in [4.69, 9.17) is 0 Å². The quantitative estimate of drug-likeness (QED) is 0.466. The molecule has 0 aromatic heterocycles. The van der Waals surface area contributed by atoms with Gasteiger partial charge in [0.2, 0.25) is 0 Å². The topological polar surface area (TPSA) is 0 Å². The van der Waals surface area contributed by atoms with Crippen molar-refractivity contribution in [1.29, 1.82) is 0 Å². The second kappa shape index (κ2) is 19.2. The Hall–Kier alpha value is 2.14. The van der Waals surface area contributed by atoms with Crippen LogP contribution in [0.1, 0.15) is 0 Å². The van der Waals surface area contributed by atoms with Crippen molar-refractivity contribution in [2.75, 3.05) is 0 Å². The van der Waals surface area contributed by atoms with Gasteiger partial charge in [-0.25, -0.2) is 0 Å². The van der Waals surface area contributed by atoms with E-state index in [1.807, 2.05) is 0 Å².